The average Bonchev–Trinajstić information content (AvgIpc) is 2.47. The minimum absolute atomic E-state index is 0.186. The van der Waals surface area contributed by atoms with Crippen molar-refractivity contribution in [3.63, 3.8) is 0 Å². The molecular formula is C15H21N3O3. The number of aliphatic carboxylic acids is 1. The van der Waals surface area contributed by atoms with Crippen molar-refractivity contribution >= 4 is 12.0 Å². The van der Waals surface area contributed by atoms with E-state index in [1.54, 1.807) is 4.90 Å². The summed E-state index contributed by atoms with van der Waals surface area (Å²) in [5.41, 5.74) is 1.90. The van der Waals surface area contributed by atoms with E-state index in [1.165, 1.54) is 0 Å². The molecule has 2 N–H and O–H groups in total. The number of piperidine rings is 1. The highest BCUT2D eigenvalue weighted by Gasteiger charge is 2.27. The molecule has 6 nitrogen and oxygen atoms in total. The topological polar surface area (TPSA) is 82.5 Å². The lowest BCUT2D eigenvalue weighted by Crippen LogP contribution is -2.47. The summed E-state index contributed by atoms with van der Waals surface area (Å²) in [6.45, 7) is 3.35. The molecule has 1 aromatic heterocycles. The predicted octanol–water partition coefficient (Wildman–Crippen LogP) is 1.44. The van der Waals surface area contributed by atoms with Crippen molar-refractivity contribution in [3.8, 4) is 0 Å². The highest BCUT2D eigenvalue weighted by Crippen LogP contribution is 2.16. The van der Waals surface area contributed by atoms with Crippen molar-refractivity contribution in [2.45, 2.75) is 26.2 Å². The van der Waals surface area contributed by atoms with Crippen molar-refractivity contribution in [2.75, 3.05) is 19.6 Å². The molecule has 1 saturated heterocycles. The summed E-state index contributed by atoms with van der Waals surface area (Å²) in [5.74, 6) is -1.26. The zero-order valence-corrected chi connectivity index (χ0v) is 12.2. The molecule has 1 aromatic rings. The third kappa shape index (κ3) is 4.44. The average molecular weight is 291 g/mol. The van der Waals surface area contributed by atoms with Gasteiger partial charge < -0.3 is 15.3 Å². The SMILES string of the molecule is Cc1cccc(CCNC(=O)N2CCCC(C(=O)O)C2)n1. The summed E-state index contributed by atoms with van der Waals surface area (Å²) in [4.78, 5) is 29.0. The number of hydrogen-bond acceptors (Lipinski definition) is 3. The molecule has 0 saturated carbocycles. The number of likely N-dealkylation sites (tertiary alicyclic amines) is 1. The Morgan fingerprint density at radius 1 is 1.48 bits per heavy atom. The summed E-state index contributed by atoms with van der Waals surface area (Å²) in [6, 6.07) is 5.62. The van der Waals surface area contributed by atoms with E-state index in [1.807, 2.05) is 25.1 Å². The maximum Gasteiger partial charge on any atom is 0.317 e. The summed E-state index contributed by atoms with van der Waals surface area (Å²) in [5, 5.41) is 11.9. The van der Waals surface area contributed by atoms with Crippen LogP contribution in [0.15, 0.2) is 18.2 Å². The smallest absolute Gasteiger partial charge is 0.317 e. The van der Waals surface area contributed by atoms with E-state index < -0.39 is 11.9 Å². The second kappa shape index (κ2) is 7.06. The lowest BCUT2D eigenvalue weighted by atomic mass is 9.99. The molecular weight excluding hydrogens is 270 g/mol. The number of nitrogens with one attached hydrogen (secondary N) is 1. The first-order valence-electron chi connectivity index (χ1n) is 7.24. The summed E-state index contributed by atoms with van der Waals surface area (Å²) in [6.07, 6.45) is 2.06. The van der Waals surface area contributed by atoms with Crippen LogP contribution in [0.4, 0.5) is 4.79 Å². The van der Waals surface area contributed by atoms with Crippen LogP contribution in [0.3, 0.4) is 0 Å². The van der Waals surface area contributed by atoms with Crippen LogP contribution in [-0.4, -0.2) is 46.6 Å². The van der Waals surface area contributed by atoms with Gasteiger partial charge in [0.15, 0.2) is 0 Å². The fourth-order valence-corrected chi connectivity index (χ4v) is 2.51. The fourth-order valence-electron chi connectivity index (χ4n) is 2.51. The number of nitrogens with zero attached hydrogens (tertiary/aromatic N) is 2. The summed E-state index contributed by atoms with van der Waals surface area (Å²) >= 11 is 0. The molecule has 6 heteroatoms. The van der Waals surface area contributed by atoms with E-state index in [2.05, 4.69) is 10.3 Å². The van der Waals surface area contributed by atoms with Crippen LogP contribution in [0.25, 0.3) is 0 Å². The molecule has 1 aliphatic rings. The normalized spacial score (nSPS) is 18.3. The number of carbonyl (C=O) groups excluding carboxylic acids is 1. The van der Waals surface area contributed by atoms with Crippen LogP contribution in [-0.2, 0) is 11.2 Å². The molecule has 0 aromatic carbocycles. The zero-order chi connectivity index (χ0) is 15.2. The second-order valence-electron chi connectivity index (χ2n) is 5.38. The van der Waals surface area contributed by atoms with Crippen molar-refractivity contribution < 1.29 is 14.7 Å². The van der Waals surface area contributed by atoms with Gasteiger partial charge in [-0.3, -0.25) is 9.78 Å². The molecule has 2 amide bonds. The lowest BCUT2D eigenvalue weighted by molar-refractivity contribution is -0.143. The van der Waals surface area contributed by atoms with E-state index in [9.17, 15) is 9.59 Å². The van der Waals surface area contributed by atoms with Gasteiger partial charge in [0.2, 0.25) is 0 Å². The number of hydrogen-bond donors (Lipinski definition) is 2. The maximum absolute atomic E-state index is 12.0. The Balaban J connectivity index is 1.78. The molecule has 2 rings (SSSR count). The van der Waals surface area contributed by atoms with Gasteiger partial charge >= 0.3 is 12.0 Å². The van der Waals surface area contributed by atoms with E-state index in [0.29, 0.717) is 32.5 Å². The fraction of sp³-hybridized carbons (Fsp3) is 0.533. The van der Waals surface area contributed by atoms with E-state index >= 15 is 0 Å². The quantitative estimate of drug-likeness (QED) is 0.879. The molecule has 0 aliphatic carbocycles. The predicted molar refractivity (Wildman–Crippen MR) is 78.0 cm³/mol. The van der Waals surface area contributed by atoms with Crippen LogP contribution in [0, 0.1) is 12.8 Å². The first-order valence-corrected chi connectivity index (χ1v) is 7.24. The van der Waals surface area contributed by atoms with Gasteiger partial charge in [-0.2, -0.15) is 0 Å². The molecule has 1 unspecified atom stereocenters. The van der Waals surface area contributed by atoms with Crippen molar-refractivity contribution in [2.24, 2.45) is 5.92 Å². The highest BCUT2D eigenvalue weighted by atomic mass is 16.4. The van der Waals surface area contributed by atoms with Gasteiger partial charge in [0.25, 0.3) is 0 Å². The summed E-state index contributed by atoms with van der Waals surface area (Å²) in [7, 11) is 0. The molecule has 0 spiro atoms. The third-order valence-corrected chi connectivity index (χ3v) is 3.66. The molecule has 2 heterocycles. The molecule has 1 fully saturated rings. The Morgan fingerprint density at radius 3 is 3.00 bits per heavy atom. The van der Waals surface area contributed by atoms with Gasteiger partial charge in [0.05, 0.1) is 5.92 Å². The minimum atomic E-state index is -0.823. The number of rotatable bonds is 4. The number of pyridine rings is 1. The minimum Gasteiger partial charge on any atom is -0.481 e. The van der Waals surface area contributed by atoms with Gasteiger partial charge in [-0.25, -0.2) is 4.79 Å². The van der Waals surface area contributed by atoms with Crippen molar-refractivity contribution in [1.82, 2.24) is 15.2 Å². The highest BCUT2D eigenvalue weighted by molar-refractivity contribution is 5.76. The molecule has 1 atom stereocenters. The largest absolute Gasteiger partial charge is 0.481 e. The van der Waals surface area contributed by atoms with Crippen LogP contribution in [0.2, 0.25) is 0 Å². The standard InChI is InChI=1S/C15H21N3O3/c1-11-4-2-6-13(17-11)7-8-16-15(21)18-9-3-5-12(10-18)14(19)20/h2,4,6,12H,3,5,7-10H2,1H3,(H,16,21)(H,19,20). The maximum atomic E-state index is 12.0. The van der Waals surface area contributed by atoms with Crippen LogP contribution >= 0.6 is 0 Å². The lowest BCUT2D eigenvalue weighted by Gasteiger charge is -2.30. The van der Waals surface area contributed by atoms with Crippen molar-refractivity contribution in [3.05, 3.63) is 29.6 Å². The van der Waals surface area contributed by atoms with Gasteiger partial charge in [-0.15, -0.1) is 0 Å². The Bertz CT molecular complexity index is 519. The summed E-state index contributed by atoms with van der Waals surface area (Å²) < 4.78 is 0. The molecule has 1 aliphatic heterocycles. The van der Waals surface area contributed by atoms with Gasteiger partial charge in [-0.05, 0) is 31.9 Å². The van der Waals surface area contributed by atoms with Gasteiger partial charge in [-0.1, -0.05) is 6.07 Å². The Hall–Kier alpha value is -2.11. The van der Waals surface area contributed by atoms with Crippen LogP contribution < -0.4 is 5.32 Å². The van der Waals surface area contributed by atoms with Crippen molar-refractivity contribution in [1.29, 1.82) is 0 Å². The molecule has 0 bridgehead atoms. The molecule has 114 valence electrons. The number of carboxylic acid groups (broad SMARTS) is 1. The van der Waals surface area contributed by atoms with Gasteiger partial charge in [0, 0.05) is 37.4 Å². The second-order valence-corrected chi connectivity index (χ2v) is 5.38. The number of carboxylic acids is 1. The Kier molecular flexibility index (Phi) is 5.14. The molecule has 21 heavy (non-hydrogen) atoms. The zero-order valence-electron chi connectivity index (χ0n) is 12.2. The Morgan fingerprint density at radius 2 is 2.29 bits per heavy atom. The number of aryl methyl sites for hydroxylation is 1. The number of carbonyl (C=O) groups is 2. The van der Waals surface area contributed by atoms with Gasteiger partial charge in [0.1, 0.15) is 0 Å². The van der Waals surface area contributed by atoms with Crippen LogP contribution in [0.1, 0.15) is 24.2 Å². The van der Waals surface area contributed by atoms with E-state index in [-0.39, 0.29) is 6.03 Å². The number of amides is 2. The first kappa shape index (κ1) is 15.3. The third-order valence-electron chi connectivity index (χ3n) is 3.66. The van der Waals surface area contributed by atoms with Crippen LogP contribution in [0.5, 0.6) is 0 Å². The number of urea groups is 1. The Labute approximate surface area is 124 Å². The molecule has 0 radical (unpaired) electrons. The number of aromatic nitrogens is 1. The van der Waals surface area contributed by atoms with E-state index in [0.717, 1.165) is 17.8 Å². The first-order chi connectivity index (χ1) is 10.1. The van der Waals surface area contributed by atoms with E-state index in [4.69, 9.17) is 5.11 Å². The monoisotopic (exact) mass is 291 g/mol.